The molecule has 0 heterocycles. The molecule has 0 bridgehead atoms. The number of anilines is 1. The molecule has 0 aromatic heterocycles. The SMILES string of the molecule is COCCCNC(=O)COc1ccc(S(=O)(=O)Nc2ccc(Cl)cc2)cc1. The predicted molar refractivity (Wildman–Crippen MR) is 104 cm³/mol. The first-order valence-electron chi connectivity index (χ1n) is 8.17. The number of benzene rings is 2. The van der Waals surface area contributed by atoms with Crippen molar-refractivity contribution in [3.8, 4) is 5.75 Å². The summed E-state index contributed by atoms with van der Waals surface area (Å²) in [5.41, 5.74) is 0.407. The molecule has 0 saturated carbocycles. The number of sulfonamides is 1. The van der Waals surface area contributed by atoms with E-state index in [0.29, 0.717) is 29.6 Å². The average molecular weight is 413 g/mol. The van der Waals surface area contributed by atoms with Crippen molar-refractivity contribution in [3.63, 3.8) is 0 Å². The molecule has 2 N–H and O–H groups in total. The van der Waals surface area contributed by atoms with Gasteiger partial charge >= 0.3 is 0 Å². The van der Waals surface area contributed by atoms with Gasteiger partial charge in [-0.2, -0.15) is 0 Å². The van der Waals surface area contributed by atoms with Crippen molar-refractivity contribution in [2.75, 3.05) is 31.6 Å². The summed E-state index contributed by atoms with van der Waals surface area (Å²) in [6.07, 6.45) is 0.718. The minimum absolute atomic E-state index is 0.0776. The predicted octanol–water partition coefficient (Wildman–Crippen LogP) is 2.67. The van der Waals surface area contributed by atoms with Crippen LogP contribution in [0.1, 0.15) is 6.42 Å². The Kier molecular flexibility index (Phi) is 7.90. The average Bonchev–Trinajstić information content (AvgIpc) is 2.65. The molecule has 0 fully saturated rings. The number of carbonyl (C=O) groups is 1. The van der Waals surface area contributed by atoms with E-state index in [1.165, 1.54) is 24.3 Å². The number of halogens is 1. The first kappa shape index (κ1) is 21.0. The van der Waals surface area contributed by atoms with Crippen molar-refractivity contribution < 1.29 is 22.7 Å². The molecule has 27 heavy (non-hydrogen) atoms. The van der Waals surface area contributed by atoms with E-state index in [1.54, 1.807) is 31.4 Å². The molecule has 2 aromatic rings. The molecule has 0 aliphatic heterocycles. The van der Waals surface area contributed by atoms with E-state index in [-0.39, 0.29) is 17.4 Å². The van der Waals surface area contributed by atoms with Crippen molar-refractivity contribution in [3.05, 3.63) is 53.6 Å². The topological polar surface area (TPSA) is 93.7 Å². The lowest BCUT2D eigenvalue weighted by Crippen LogP contribution is -2.30. The summed E-state index contributed by atoms with van der Waals surface area (Å²) in [5, 5.41) is 3.21. The number of amides is 1. The lowest BCUT2D eigenvalue weighted by molar-refractivity contribution is -0.123. The quantitative estimate of drug-likeness (QED) is 0.585. The number of methoxy groups -OCH3 is 1. The van der Waals surface area contributed by atoms with Crippen LogP contribution in [0.15, 0.2) is 53.4 Å². The van der Waals surface area contributed by atoms with Crippen LogP contribution < -0.4 is 14.8 Å². The van der Waals surface area contributed by atoms with Crippen molar-refractivity contribution in [2.45, 2.75) is 11.3 Å². The smallest absolute Gasteiger partial charge is 0.261 e. The lowest BCUT2D eigenvalue weighted by atomic mass is 10.3. The molecule has 0 unspecified atom stereocenters. The molecule has 0 atom stereocenters. The zero-order valence-corrected chi connectivity index (χ0v) is 16.3. The van der Waals surface area contributed by atoms with Gasteiger partial charge in [-0.15, -0.1) is 0 Å². The van der Waals surface area contributed by atoms with Gasteiger partial charge in [0.25, 0.3) is 15.9 Å². The highest BCUT2D eigenvalue weighted by molar-refractivity contribution is 7.92. The van der Waals surface area contributed by atoms with Gasteiger partial charge in [0, 0.05) is 31.0 Å². The largest absolute Gasteiger partial charge is 0.484 e. The fraction of sp³-hybridized carbons (Fsp3) is 0.278. The van der Waals surface area contributed by atoms with Gasteiger partial charge in [0.2, 0.25) is 0 Å². The van der Waals surface area contributed by atoms with Crippen molar-refractivity contribution in [1.82, 2.24) is 5.32 Å². The Morgan fingerprint density at radius 2 is 1.74 bits per heavy atom. The molecule has 0 spiro atoms. The number of ether oxygens (including phenoxy) is 2. The number of hydrogen-bond acceptors (Lipinski definition) is 5. The summed E-state index contributed by atoms with van der Waals surface area (Å²) in [5.74, 6) is 0.139. The fourth-order valence-corrected chi connectivity index (χ4v) is 3.28. The monoisotopic (exact) mass is 412 g/mol. The van der Waals surface area contributed by atoms with Crippen LogP contribution in [0.2, 0.25) is 5.02 Å². The van der Waals surface area contributed by atoms with Gasteiger partial charge < -0.3 is 14.8 Å². The molecule has 0 radical (unpaired) electrons. The van der Waals surface area contributed by atoms with E-state index in [9.17, 15) is 13.2 Å². The second kappa shape index (κ2) is 10.1. The standard InChI is InChI=1S/C18H21ClN2O5S/c1-25-12-2-11-20-18(22)13-26-16-7-9-17(10-8-16)27(23,24)21-15-5-3-14(19)4-6-15/h3-10,21H,2,11-13H2,1H3,(H,20,22). The highest BCUT2D eigenvalue weighted by Gasteiger charge is 2.14. The Bertz CT molecular complexity index is 839. The van der Waals surface area contributed by atoms with Crippen LogP contribution in [-0.4, -0.2) is 41.2 Å². The van der Waals surface area contributed by atoms with E-state index < -0.39 is 10.0 Å². The van der Waals surface area contributed by atoms with Gasteiger partial charge in [0.1, 0.15) is 5.75 Å². The Hall–Kier alpha value is -2.29. The van der Waals surface area contributed by atoms with Crippen molar-refractivity contribution in [1.29, 1.82) is 0 Å². The maximum absolute atomic E-state index is 12.4. The maximum atomic E-state index is 12.4. The van der Waals surface area contributed by atoms with Crippen LogP contribution in [0, 0.1) is 0 Å². The van der Waals surface area contributed by atoms with Gasteiger partial charge in [0.05, 0.1) is 4.90 Å². The maximum Gasteiger partial charge on any atom is 0.261 e. The van der Waals surface area contributed by atoms with Crippen LogP contribution in [-0.2, 0) is 19.6 Å². The third kappa shape index (κ3) is 7.09. The van der Waals surface area contributed by atoms with Crippen molar-refractivity contribution >= 4 is 33.2 Å². The number of nitrogens with one attached hydrogen (secondary N) is 2. The van der Waals surface area contributed by atoms with Crippen molar-refractivity contribution in [2.24, 2.45) is 0 Å². The minimum atomic E-state index is -3.73. The van der Waals surface area contributed by atoms with Crippen LogP contribution >= 0.6 is 11.6 Å². The third-order valence-corrected chi connectivity index (χ3v) is 5.10. The van der Waals surface area contributed by atoms with E-state index in [0.717, 1.165) is 6.42 Å². The molecular formula is C18H21ClN2O5S. The van der Waals surface area contributed by atoms with E-state index in [4.69, 9.17) is 21.1 Å². The second-order valence-corrected chi connectivity index (χ2v) is 7.69. The van der Waals surface area contributed by atoms with Crippen LogP contribution in [0.5, 0.6) is 5.75 Å². The Balaban J connectivity index is 1.88. The summed E-state index contributed by atoms with van der Waals surface area (Å²) >= 11 is 5.79. The van der Waals surface area contributed by atoms with Gasteiger partial charge in [-0.25, -0.2) is 8.42 Å². The van der Waals surface area contributed by atoms with Crippen LogP contribution in [0.4, 0.5) is 5.69 Å². The summed E-state index contributed by atoms with van der Waals surface area (Å²) in [4.78, 5) is 11.7. The van der Waals surface area contributed by atoms with E-state index >= 15 is 0 Å². The number of carbonyl (C=O) groups excluding carboxylic acids is 1. The molecule has 2 rings (SSSR count). The van der Waals surface area contributed by atoms with Gasteiger partial charge in [0.15, 0.2) is 6.61 Å². The normalized spacial score (nSPS) is 11.0. The molecular weight excluding hydrogens is 392 g/mol. The molecule has 9 heteroatoms. The third-order valence-electron chi connectivity index (χ3n) is 3.45. The van der Waals surface area contributed by atoms with Crippen LogP contribution in [0.3, 0.4) is 0 Å². The van der Waals surface area contributed by atoms with E-state index in [1.807, 2.05) is 0 Å². The van der Waals surface area contributed by atoms with Gasteiger partial charge in [-0.1, -0.05) is 11.6 Å². The molecule has 2 aromatic carbocycles. The van der Waals surface area contributed by atoms with Crippen LogP contribution in [0.25, 0.3) is 0 Å². The summed E-state index contributed by atoms with van der Waals surface area (Å²) in [7, 11) is -2.13. The Morgan fingerprint density at radius 1 is 1.07 bits per heavy atom. The first-order valence-corrected chi connectivity index (χ1v) is 10.0. The lowest BCUT2D eigenvalue weighted by Gasteiger charge is -2.10. The highest BCUT2D eigenvalue weighted by atomic mass is 35.5. The zero-order valence-electron chi connectivity index (χ0n) is 14.8. The first-order chi connectivity index (χ1) is 12.9. The molecule has 0 aliphatic rings. The minimum Gasteiger partial charge on any atom is -0.484 e. The van der Waals surface area contributed by atoms with Gasteiger partial charge in [-0.05, 0) is 55.0 Å². The fourth-order valence-electron chi connectivity index (χ4n) is 2.09. The molecule has 0 aliphatic carbocycles. The summed E-state index contributed by atoms with van der Waals surface area (Å²) < 4.78 is 37.5. The Labute approximate surface area is 163 Å². The zero-order chi connectivity index (χ0) is 19.7. The highest BCUT2D eigenvalue weighted by Crippen LogP contribution is 2.20. The molecule has 7 nitrogen and oxygen atoms in total. The summed E-state index contributed by atoms with van der Waals surface area (Å²) in [6, 6.07) is 12.1. The van der Waals surface area contributed by atoms with E-state index in [2.05, 4.69) is 10.0 Å². The molecule has 1 amide bonds. The Morgan fingerprint density at radius 3 is 2.37 bits per heavy atom. The number of hydrogen-bond donors (Lipinski definition) is 2. The molecule has 0 saturated heterocycles. The van der Waals surface area contributed by atoms with Gasteiger partial charge in [-0.3, -0.25) is 9.52 Å². The second-order valence-electron chi connectivity index (χ2n) is 5.57. The molecule has 146 valence electrons. The summed E-state index contributed by atoms with van der Waals surface area (Å²) in [6.45, 7) is 0.923. The number of rotatable bonds is 10.